The Balaban J connectivity index is 1.37. The van der Waals surface area contributed by atoms with E-state index in [1.165, 1.54) is 0 Å². The molecule has 0 spiro atoms. The van der Waals surface area contributed by atoms with Gasteiger partial charge in [0.15, 0.2) is 5.11 Å². The van der Waals surface area contributed by atoms with Crippen LogP contribution in [0, 0.1) is 0 Å². The van der Waals surface area contributed by atoms with E-state index in [2.05, 4.69) is 10.6 Å². The van der Waals surface area contributed by atoms with Crippen LogP contribution in [0.1, 0.15) is 26.3 Å². The number of nitrogens with one attached hydrogen (secondary N) is 2. The molecule has 4 rings (SSSR count). The van der Waals surface area contributed by atoms with Crippen LogP contribution in [-0.4, -0.2) is 37.2 Å². The van der Waals surface area contributed by atoms with Crippen molar-refractivity contribution in [1.29, 1.82) is 0 Å². The number of hydrogen-bond donors (Lipinski definition) is 2. The van der Waals surface area contributed by atoms with Gasteiger partial charge >= 0.3 is 0 Å². The van der Waals surface area contributed by atoms with Gasteiger partial charge in [-0.05, 0) is 54.2 Å². The second-order valence-electron chi connectivity index (χ2n) is 8.51. The molecule has 8 heteroatoms. The quantitative estimate of drug-likeness (QED) is 0.212. The number of carbonyl (C=O) groups excluding carboxylic acids is 2. The first-order valence-corrected chi connectivity index (χ1v) is 12.8. The lowest BCUT2D eigenvalue weighted by molar-refractivity contribution is 0.0949. The molecule has 0 radical (unpaired) electrons. The predicted octanol–water partition coefficient (Wildman–Crippen LogP) is 5.23. The molecule has 0 aliphatic heterocycles. The summed E-state index contributed by atoms with van der Waals surface area (Å²) in [6.07, 6.45) is 0. The van der Waals surface area contributed by atoms with Gasteiger partial charge in [-0.1, -0.05) is 72.8 Å². The average molecular weight is 540 g/mol. The van der Waals surface area contributed by atoms with Crippen molar-refractivity contribution < 1.29 is 19.1 Å². The van der Waals surface area contributed by atoms with E-state index in [9.17, 15) is 9.59 Å². The van der Waals surface area contributed by atoms with E-state index in [1.807, 2.05) is 66.7 Å². The van der Waals surface area contributed by atoms with Crippen LogP contribution in [0.5, 0.6) is 11.5 Å². The summed E-state index contributed by atoms with van der Waals surface area (Å²) in [6.45, 7) is 0.977. The summed E-state index contributed by atoms with van der Waals surface area (Å²) in [5.74, 6) is 0.497. The third kappa shape index (κ3) is 7.66. The van der Waals surface area contributed by atoms with Crippen LogP contribution in [-0.2, 0) is 6.54 Å². The average Bonchev–Trinajstić information content (AvgIpc) is 2.99. The Bertz CT molecular complexity index is 1410. The van der Waals surface area contributed by atoms with Gasteiger partial charge in [-0.3, -0.25) is 14.9 Å². The first-order chi connectivity index (χ1) is 19.0. The van der Waals surface area contributed by atoms with Gasteiger partial charge in [0.05, 0.1) is 16.8 Å². The monoisotopic (exact) mass is 539 g/mol. The van der Waals surface area contributed by atoms with Crippen molar-refractivity contribution in [2.45, 2.75) is 6.54 Å². The Morgan fingerprint density at radius 1 is 0.718 bits per heavy atom. The fraction of sp³-hybridized carbons (Fsp3) is 0.129. The van der Waals surface area contributed by atoms with Gasteiger partial charge in [0, 0.05) is 13.6 Å². The van der Waals surface area contributed by atoms with E-state index >= 15 is 0 Å². The van der Waals surface area contributed by atoms with Crippen molar-refractivity contribution in [1.82, 2.24) is 10.6 Å². The van der Waals surface area contributed by atoms with Crippen LogP contribution in [0.4, 0.5) is 5.69 Å². The highest BCUT2D eigenvalue weighted by Crippen LogP contribution is 2.21. The highest BCUT2D eigenvalue weighted by molar-refractivity contribution is 7.80. The highest BCUT2D eigenvalue weighted by Gasteiger charge is 2.20. The smallest absolute Gasteiger partial charge is 0.261 e. The Hall–Kier alpha value is -4.69. The Labute approximate surface area is 233 Å². The number of benzene rings is 4. The summed E-state index contributed by atoms with van der Waals surface area (Å²) < 4.78 is 11.5. The summed E-state index contributed by atoms with van der Waals surface area (Å²) in [5.41, 5.74) is 2.33. The van der Waals surface area contributed by atoms with Gasteiger partial charge in [0.2, 0.25) is 0 Å². The summed E-state index contributed by atoms with van der Waals surface area (Å²) in [7, 11) is 1.70. The topological polar surface area (TPSA) is 79.9 Å². The lowest BCUT2D eigenvalue weighted by Crippen LogP contribution is -2.41. The van der Waals surface area contributed by atoms with E-state index in [-0.39, 0.29) is 17.6 Å². The van der Waals surface area contributed by atoms with E-state index in [0.717, 1.165) is 11.3 Å². The molecule has 4 aromatic carbocycles. The third-order valence-electron chi connectivity index (χ3n) is 5.82. The molecule has 0 aliphatic rings. The lowest BCUT2D eigenvalue weighted by Gasteiger charge is -2.23. The van der Waals surface area contributed by atoms with Crippen LogP contribution in [0.15, 0.2) is 109 Å². The van der Waals surface area contributed by atoms with Crippen molar-refractivity contribution >= 4 is 34.8 Å². The summed E-state index contributed by atoms with van der Waals surface area (Å²) in [5, 5.41) is 5.83. The van der Waals surface area contributed by atoms with Crippen molar-refractivity contribution in [3.8, 4) is 11.5 Å². The molecule has 0 saturated carbocycles. The molecule has 0 fully saturated rings. The standard InChI is InChI=1S/C31H29N3O4S/c1-34(27-18-10-8-16-25(27)29(35)32-22-23-12-4-2-5-13-23)31(39)33-30(36)26-17-9-11-19-28(26)38-21-20-37-24-14-6-3-7-15-24/h2-19H,20-22H2,1H3,(H,32,35)(H,33,36,39). The zero-order chi connectivity index (χ0) is 27.5. The minimum absolute atomic E-state index is 0.144. The molecule has 2 N–H and O–H groups in total. The molecule has 2 amide bonds. The van der Waals surface area contributed by atoms with Gasteiger partial charge in [0.25, 0.3) is 11.8 Å². The number of anilines is 1. The minimum atomic E-state index is -0.419. The number of thiocarbonyl (C=S) groups is 1. The van der Waals surface area contributed by atoms with E-state index in [1.54, 1.807) is 54.4 Å². The van der Waals surface area contributed by atoms with Crippen LogP contribution < -0.4 is 25.0 Å². The number of amides is 2. The fourth-order valence-corrected chi connectivity index (χ4v) is 3.99. The zero-order valence-electron chi connectivity index (χ0n) is 21.5. The molecular weight excluding hydrogens is 510 g/mol. The van der Waals surface area contributed by atoms with Crippen molar-refractivity contribution in [3.63, 3.8) is 0 Å². The van der Waals surface area contributed by atoms with Gasteiger partial charge in [-0.2, -0.15) is 0 Å². The molecule has 0 aromatic heterocycles. The molecule has 0 unspecified atom stereocenters. The van der Waals surface area contributed by atoms with Crippen LogP contribution in [0.2, 0.25) is 0 Å². The number of rotatable bonds is 10. The number of hydrogen-bond acceptors (Lipinski definition) is 5. The van der Waals surface area contributed by atoms with Crippen molar-refractivity contribution in [2.75, 3.05) is 25.2 Å². The predicted molar refractivity (Wildman–Crippen MR) is 156 cm³/mol. The minimum Gasteiger partial charge on any atom is -0.490 e. The molecule has 198 valence electrons. The number of nitrogens with zero attached hydrogens (tertiary/aromatic N) is 1. The molecular formula is C31H29N3O4S. The molecule has 0 heterocycles. The lowest BCUT2D eigenvalue weighted by atomic mass is 10.1. The Morgan fingerprint density at radius 2 is 1.31 bits per heavy atom. The maximum Gasteiger partial charge on any atom is 0.261 e. The van der Waals surface area contributed by atoms with Gasteiger partial charge < -0.3 is 19.7 Å². The summed E-state index contributed by atoms with van der Waals surface area (Å²) in [6, 6.07) is 33.1. The van der Waals surface area contributed by atoms with Gasteiger partial charge in [-0.25, -0.2) is 0 Å². The van der Waals surface area contributed by atoms with Crippen molar-refractivity contribution in [2.24, 2.45) is 0 Å². The number of carbonyl (C=O) groups is 2. The molecule has 0 bridgehead atoms. The SMILES string of the molecule is CN(C(=S)NC(=O)c1ccccc1OCCOc1ccccc1)c1ccccc1C(=O)NCc1ccccc1. The van der Waals surface area contributed by atoms with Gasteiger partial charge in [0.1, 0.15) is 24.7 Å². The normalized spacial score (nSPS) is 10.3. The van der Waals surface area contributed by atoms with Gasteiger partial charge in [-0.15, -0.1) is 0 Å². The Kier molecular flexibility index (Phi) is 9.63. The fourth-order valence-electron chi connectivity index (χ4n) is 3.80. The number of ether oxygens (including phenoxy) is 2. The number of para-hydroxylation sites is 3. The van der Waals surface area contributed by atoms with Crippen molar-refractivity contribution in [3.05, 3.63) is 126 Å². The molecule has 0 saturated heterocycles. The van der Waals surface area contributed by atoms with Crippen LogP contribution in [0.3, 0.4) is 0 Å². The van der Waals surface area contributed by atoms with E-state index < -0.39 is 5.91 Å². The van der Waals surface area contributed by atoms with Crippen LogP contribution in [0.25, 0.3) is 0 Å². The van der Waals surface area contributed by atoms with Crippen LogP contribution >= 0.6 is 12.2 Å². The highest BCUT2D eigenvalue weighted by atomic mass is 32.1. The molecule has 7 nitrogen and oxygen atoms in total. The third-order valence-corrected chi connectivity index (χ3v) is 6.19. The Morgan fingerprint density at radius 3 is 2.05 bits per heavy atom. The maximum absolute atomic E-state index is 13.1. The first kappa shape index (κ1) is 27.3. The molecule has 0 aliphatic carbocycles. The molecule has 0 atom stereocenters. The largest absolute Gasteiger partial charge is 0.490 e. The summed E-state index contributed by atoms with van der Waals surface area (Å²) >= 11 is 5.53. The zero-order valence-corrected chi connectivity index (χ0v) is 22.3. The second-order valence-corrected chi connectivity index (χ2v) is 8.90. The molecule has 39 heavy (non-hydrogen) atoms. The summed E-state index contributed by atoms with van der Waals surface area (Å²) in [4.78, 5) is 27.7. The maximum atomic E-state index is 13.1. The second kappa shape index (κ2) is 13.7. The molecule has 4 aromatic rings. The van der Waals surface area contributed by atoms with E-state index in [0.29, 0.717) is 35.7 Å². The first-order valence-electron chi connectivity index (χ1n) is 12.4. The van der Waals surface area contributed by atoms with E-state index in [4.69, 9.17) is 21.7 Å².